The van der Waals surface area contributed by atoms with Crippen LogP contribution in [0, 0.1) is 0 Å². The van der Waals surface area contributed by atoms with Gasteiger partial charge in [-0.15, -0.1) is 0 Å². The highest BCUT2D eigenvalue weighted by atomic mass is 16.5. The molecule has 1 aromatic rings. The van der Waals surface area contributed by atoms with Gasteiger partial charge in [-0.05, 0) is 27.2 Å². The summed E-state index contributed by atoms with van der Waals surface area (Å²) in [5.74, 6) is 1.22. The van der Waals surface area contributed by atoms with Gasteiger partial charge in [0.15, 0.2) is 0 Å². The van der Waals surface area contributed by atoms with Crippen LogP contribution in [0.2, 0.25) is 0 Å². The number of methoxy groups -OCH3 is 1. The summed E-state index contributed by atoms with van der Waals surface area (Å²) in [6, 6.07) is 0.684. The van der Waals surface area contributed by atoms with Gasteiger partial charge in [0.05, 0.1) is 7.11 Å². The molecule has 18 heavy (non-hydrogen) atoms. The standard InChI is InChI=1S/C12H23N5O/c1-6-8-17(9(3)4)11-14-10(13-7-2)15-12(16-11)18-5/h9H,6-8H2,1-5H3,(H,13,14,15,16). The normalized spacial score (nSPS) is 10.6. The van der Waals surface area contributed by atoms with Gasteiger partial charge in [0.1, 0.15) is 0 Å². The quantitative estimate of drug-likeness (QED) is 0.801. The highest BCUT2D eigenvalue weighted by Crippen LogP contribution is 2.17. The SMILES string of the molecule is CCCN(c1nc(NCC)nc(OC)n1)C(C)C. The lowest BCUT2D eigenvalue weighted by atomic mass is 10.3. The summed E-state index contributed by atoms with van der Waals surface area (Å²) in [7, 11) is 1.56. The molecule has 102 valence electrons. The number of nitrogens with zero attached hydrogens (tertiary/aromatic N) is 4. The topological polar surface area (TPSA) is 63.2 Å². The predicted octanol–water partition coefficient (Wildman–Crippen LogP) is 1.94. The van der Waals surface area contributed by atoms with E-state index in [0.29, 0.717) is 23.9 Å². The molecule has 0 amide bonds. The molecule has 0 aromatic carbocycles. The van der Waals surface area contributed by atoms with Crippen molar-refractivity contribution < 1.29 is 4.74 Å². The van der Waals surface area contributed by atoms with Crippen molar-refractivity contribution in [3.8, 4) is 6.01 Å². The first-order valence-electron chi connectivity index (χ1n) is 6.42. The second-order valence-corrected chi connectivity index (χ2v) is 4.26. The third kappa shape index (κ3) is 3.72. The molecular formula is C12H23N5O. The highest BCUT2D eigenvalue weighted by Gasteiger charge is 2.15. The average Bonchev–Trinajstić information content (AvgIpc) is 2.35. The van der Waals surface area contributed by atoms with Crippen molar-refractivity contribution >= 4 is 11.9 Å². The molecule has 6 heteroatoms. The average molecular weight is 253 g/mol. The Morgan fingerprint density at radius 3 is 2.44 bits per heavy atom. The molecule has 0 aliphatic heterocycles. The van der Waals surface area contributed by atoms with Crippen LogP contribution in [-0.2, 0) is 0 Å². The predicted molar refractivity (Wildman–Crippen MR) is 73.3 cm³/mol. The molecule has 0 unspecified atom stereocenters. The van der Waals surface area contributed by atoms with E-state index in [2.05, 4.69) is 45.9 Å². The first-order chi connectivity index (χ1) is 8.62. The molecule has 0 saturated carbocycles. The summed E-state index contributed by atoms with van der Waals surface area (Å²) in [6.45, 7) is 10.1. The first kappa shape index (κ1) is 14.5. The summed E-state index contributed by atoms with van der Waals surface area (Å²) in [5, 5.41) is 3.09. The summed E-state index contributed by atoms with van der Waals surface area (Å²) < 4.78 is 5.12. The van der Waals surface area contributed by atoms with Crippen LogP contribution in [0.4, 0.5) is 11.9 Å². The third-order valence-corrected chi connectivity index (χ3v) is 2.47. The van der Waals surface area contributed by atoms with E-state index in [1.807, 2.05) is 6.92 Å². The van der Waals surface area contributed by atoms with Gasteiger partial charge in [-0.1, -0.05) is 6.92 Å². The van der Waals surface area contributed by atoms with Crippen LogP contribution in [0.3, 0.4) is 0 Å². The van der Waals surface area contributed by atoms with Crippen LogP contribution in [0.15, 0.2) is 0 Å². The Hall–Kier alpha value is -1.59. The van der Waals surface area contributed by atoms with E-state index >= 15 is 0 Å². The minimum atomic E-state index is 0.339. The number of ether oxygens (including phenoxy) is 1. The van der Waals surface area contributed by atoms with Crippen LogP contribution in [0.5, 0.6) is 6.01 Å². The molecule has 0 bridgehead atoms. The number of nitrogens with one attached hydrogen (secondary N) is 1. The molecule has 6 nitrogen and oxygen atoms in total. The Kier molecular flexibility index (Phi) is 5.61. The summed E-state index contributed by atoms with van der Waals surface area (Å²) >= 11 is 0. The molecule has 0 fully saturated rings. The fraction of sp³-hybridized carbons (Fsp3) is 0.750. The zero-order valence-electron chi connectivity index (χ0n) is 11.9. The lowest BCUT2D eigenvalue weighted by Gasteiger charge is -2.26. The van der Waals surface area contributed by atoms with Gasteiger partial charge in [0, 0.05) is 19.1 Å². The van der Waals surface area contributed by atoms with Crippen molar-refractivity contribution in [2.75, 3.05) is 30.4 Å². The minimum Gasteiger partial charge on any atom is -0.467 e. The van der Waals surface area contributed by atoms with Gasteiger partial charge in [0.25, 0.3) is 0 Å². The Balaban J connectivity index is 3.07. The molecule has 1 N–H and O–H groups in total. The summed E-state index contributed by atoms with van der Waals surface area (Å²) in [5.41, 5.74) is 0. The van der Waals surface area contributed by atoms with Crippen molar-refractivity contribution in [3.05, 3.63) is 0 Å². The molecular weight excluding hydrogens is 230 g/mol. The van der Waals surface area contributed by atoms with Crippen LogP contribution >= 0.6 is 0 Å². The molecule has 0 spiro atoms. The maximum Gasteiger partial charge on any atom is 0.322 e. The molecule has 1 heterocycles. The van der Waals surface area contributed by atoms with E-state index in [-0.39, 0.29) is 0 Å². The fourth-order valence-corrected chi connectivity index (χ4v) is 1.63. The molecule has 0 aliphatic carbocycles. The van der Waals surface area contributed by atoms with E-state index in [1.165, 1.54) is 0 Å². The summed E-state index contributed by atoms with van der Waals surface area (Å²) in [6.07, 6.45) is 1.04. The Bertz CT molecular complexity index is 369. The van der Waals surface area contributed by atoms with Crippen molar-refractivity contribution in [2.24, 2.45) is 0 Å². The molecule has 1 rings (SSSR count). The fourth-order valence-electron chi connectivity index (χ4n) is 1.63. The molecule has 1 aromatic heterocycles. The van der Waals surface area contributed by atoms with Crippen molar-refractivity contribution in [3.63, 3.8) is 0 Å². The number of hydrogen-bond donors (Lipinski definition) is 1. The number of aromatic nitrogens is 3. The van der Waals surface area contributed by atoms with Crippen LogP contribution < -0.4 is 15.0 Å². The second-order valence-electron chi connectivity index (χ2n) is 4.26. The monoisotopic (exact) mass is 253 g/mol. The van der Waals surface area contributed by atoms with E-state index in [1.54, 1.807) is 7.11 Å². The Morgan fingerprint density at radius 2 is 1.94 bits per heavy atom. The van der Waals surface area contributed by atoms with E-state index in [0.717, 1.165) is 19.5 Å². The molecule has 0 aliphatic rings. The van der Waals surface area contributed by atoms with E-state index in [4.69, 9.17) is 4.74 Å². The summed E-state index contributed by atoms with van der Waals surface area (Å²) in [4.78, 5) is 15.0. The third-order valence-electron chi connectivity index (χ3n) is 2.47. The highest BCUT2D eigenvalue weighted by molar-refractivity contribution is 5.39. The maximum atomic E-state index is 5.12. The molecule has 0 radical (unpaired) electrons. The van der Waals surface area contributed by atoms with Gasteiger partial charge in [-0.25, -0.2) is 0 Å². The molecule has 0 atom stereocenters. The van der Waals surface area contributed by atoms with Crippen molar-refractivity contribution in [2.45, 2.75) is 40.2 Å². The van der Waals surface area contributed by atoms with Crippen molar-refractivity contribution in [1.29, 1.82) is 0 Å². The lowest BCUT2D eigenvalue weighted by molar-refractivity contribution is 0.378. The van der Waals surface area contributed by atoms with Gasteiger partial charge in [-0.2, -0.15) is 15.0 Å². The number of hydrogen-bond acceptors (Lipinski definition) is 6. The zero-order valence-corrected chi connectivity index (χ0v) is 11.9. The van der Waals surface area contributed by atoms with E-state index < -0.39 is 0 Å². The Morgan fingerprint density at radius 1 is 1.22 bits per heavy atom. The lowest BCUT2D eigenvalue weighted by Crippen LogP contribution is -2.33. The van der Waals surface area contributed by atoms with Crippen LogP contribution in [0.25, 0.3) is 0 Å². The Labute approximate surface area is 109 Å². The molecule has 0 saturated heterocycles. The number of anilines is 2. The largest absolute Gasteiger partial charge is 0.467 e. The zero-order chi connectivity index (χ0) is 13.5. The van der Waals surface area contributed by atoms with Crippen molar-refractivity contribution in [1.82, 2.24) is 15.0 Å². The van der Waals surface area contributed by atoms with Gasteiger partial charge in [0.2, 0.25) is 11.9 Å². The van der Waals surface area contributed by atoms with E-state index in [9.17, 15) is 0 Å². The minimum absolute atomic E-state index is 0.339. The maximum absolute atomic E-state index is 5.12. The van der Waals surface area contributed by atoms with Crippen LogP contribution in [-0.4, -0.2) is 41.2 Å². The van der Waals surface area contributed by atoms with Gasteiger partial charge >= 0.3 is 6.01 Å². The van der Waals surface area contributed by atoms with Gasteiger partial charge < -0.3 is 15.0 Å². The second kappa shape index (κ2) is 6.98. The van der Waals surface area contributed by atoms with Crippen LogP contribution in [0.1, 0.15) is 34.1 Å². The van der Waals surface area contributed by atoms with Gasteiger partial charge in [-0.3, -0.25) is 0 Å². The number of rotatable bonds is 7. The smallest absolute Gasteiger partial charge is 0.322 e. The first-order valence-corrected chi connectivity index (χ1v) is 6.42.